The summed E-state index contributed by atoms with van der Waals surface area (Å²) in [5.41, 5.74) is -0.433. The first-order valence-electron chi connectivity index (χ1n) is 7.98. The second-order valence-corrected chi connectivity index (χ2v) is 6.58. The van der Waals surface area contributed by atoms with Gasteiger partial charge in [-0.3, -0.25) is 0 Å². The zero-order valence-electron chi connectivity index (χ0n) is 14.3. The molecular weight excluding hydrogens is 252 g/mol. The predicted molar refractivity (Wildman–Crippen MR) is 85.1 cm³/mol. The summed E-state index contributed by atoms with van der Waals surface area (Å²) in [6.45, 7) is 14.5. The second-order valence-electron chi connectivity index (χ2n) is 6.58. The first kappa shape index (κ1) is 19.2. The molecule has 0 atom stereocenters. The molecule has 0 bridgehead atoms. The average Bonchev–Trinajstić information content (AvgIpc) is 2.29. The molecule has 0 rings (SSSR count). The molecule has 120 valence electrons. The van der Waals surface area contributed by atoms with Gasteiger partial charge in [0.2, 0.25) is 0 Å². The van der Waals surface area contributed by atoms with Gasteiger partial charge in [0.15, 0.2) is 0 Å². The summed E-state index contributed by atoms with van der Waals surface area (Å²) in [5, 5.41) is 3.40. The van der Waals surface area contributed by atoms with Gasteiger partial charge < -0.3 is 15.0 Å². The molecule has 0 saturated heterocycles. The van der Waals surface area contributed by atoms with E-state index >= 15 is 0 Å². The van der Waals surface area contributed by atoms with Crippen LogP contribution in [0.15, 0.2) is 0 Å². The Kier molecular flexibility index (Phi) is 9.64. The molecule has 4 nitrogen and oxygen atoms in total. The third kappa shape index (κ3) is 10.1. The summed E-state index contributed by atoms with van der Waals surface area (Å²) in [5.74, 6) is 0. The maximum Gasteiger partial charge on any atom is 0.410 e. The number of nitrogens with zero attached hydrogens (tertiary/aromatic N) is 1. The van der Waals surface area contributed by atoms with Crippen LogP contribution < -0.4 is 5.32 Å². The highest BCUT2D eigenvalue weighted by Crippen LogP contribution is 2.11. The van der Waals surface area contributed by atoms with Gasteiger partial charge in [0.1, 0.15) is 5.60 Å². The van der Waals surface area contributed by atoms with Crippen molar-refractivity contribution in [1.29, 1.82) is 0 Å². The minimum absolute atomic E-state index is 0.159. The van der Waals surface area contributed by atoms with Crippen molar-refractivity contribution in [3.05, 3.63) is 0 Å². The number of rotatable bonds is 9. The first-order chi connectivity index (χ1) is 9.28. The zero-order chi connectivity index (χ0) is 15.6. The lowest BCUT2D eigenvalue weighted by Crippen LogP contribution is -2.44. The van der Waals surface area contributed by atoms with Crippen LogP contribution >= 0.6 is 0 Å². The number of hydrogen-bond donors (Lipinski definition) is 1. The lowest BCUT2D eigenvalue weighted by atomic mass is 10.2. The highest BCUT2D eigenvalue weighted by molar-refractivity contribution is 5.68. The van der Waals surface area contributed by atoms with Gasteiger partial charge >= 0.3 is 6.09 Å². The monoisotopic (exact) mass is 286 g/mol. The number of unbranched alkanes of at least 4 members (excludes halogenated alkanes) is 3. The van der Waals surface area contributed by atoms with E-state index in [0.29, 0.717) is 6.54 Å². The Balaban J connectivity index is 3.95. The molecule has 0 aliphatic rings. The number of ether oxygens (including phenoxy) is 1. The van der Waals surface area contributed by atoms with Crippen molar-refractivity contribution in [3.8, 4) is 0 Å². The quantitative estimate of drug-likeness (QED) is 0.655. The van der Waals surface area contributed by atoms with Crippen LogP contribution in [-0.4, -0.2) is 42.3 Å². The third-order valence-electron chi connectivity index (χ3n) is 2.99. The van der Waals surface area contributed by atoms with Crippen molar-refractivity contribution in [1.82, 2.24) is 10.2 Å². The standard InChI is InChI=1S/C16H34N2O2/c1-7-8-9-10-11-17-12-13-18(14(2)3)15(19)20-16(4,5)6/h14,17H,7-13H2,1-6H3. The number of hydrogen-bond acceptors (Lipinski definition) is 3. The highest BCUT2D eigenvalue weighted by atomic mass is 16.6. The smallest absolute Gasteiger partial charge is 0.410 e. The minimum atomic E-state index is -0.433. The normalized spacial score (nSPS) is 11.8. The van der Waals surface area contributed by atoms with Crippen LogP contribution in [0.1, 0.15) is 67.2 Å². The van der Waals surface area contributed by atoms with Gasteiger partial charge in [-0.05, 0) is 47.6 Å². The van der Waals surface area contributed by atoms with E-state index in [1.165, 1.54) is 25.7 Å². The maximum absolute atomic E-state index is 12.1. The molecule has 0 aliphatic heterocycles. The Morgan fingerprint density at radius 1 is 1.15 bits per heavy atom. The highest BCUT2D eigenvalue weighted by Gasteiger charge is 2.23. The molecule has 1 amide bonds. The van der Waals surface area contributed by atoms with Gasteiger partial charge in [-0.25, -0.2) is 4.79 Å². The maximum atomic E-state index is 12.1. The lowest BCUT2D eigenvalue weighted by Gasteiger charge is -2.30. The molecule has 0 spiro atoms. The van der Waals surface area contributed by atoms with Crippen molar-refractivity contribution in [2.24, 2.45) is 0 Å². The Morgan fingerprint density at radius 3 is 2.30 bits per heavy atom. The summed E-state index contributed by atoms with van der Waals surface area (Å²) in [7, 11) is 0. The Labute approximate surface area is 125 Å². The van der Waals surface area contributed by atoms with Gasteiger partial charge in [0.25, 0.3) is 0 Å². The summed E-state index contributed by atoms with van der Waals surface area (Å²) in [4.78, 5) is 13.9. The Bertz CT molecular complexity index is 260. The summed E-state index contributed by atoms with van der Waals surface area (Å²) < 4.78 is 5.43. The van der Waals surface area contributed by atoms with Crippen LogP contribution in [0.25, 0.3) is 0 Å². The number of carbonyl (C=O) groups is 1. The van der Waals surface area contributed by atoms with Crippen molar-refractivity contribution in [2.45, 2.75) is 78.9 Å². The fourth-order valence-corrected chi connectivity index (χ4v) is 1.88. The lowest BCUT2D eigenvalue weighted by molar-refractivity contribution is 0.0194. The van der Waals surface area contributed by atoms with E-state index in [1.807, 2.05) is 34.6 Å². The minimum Gasteiger partial charge on any atom is -0.444 e. The molecule has 0 unspecified atom stereocenters. The van der Waals surface area contributed by atoms with E-state index in [-0.39, 0.29) is 12.1 Å². The van der Waals surface area contributed by atoms with E-state index < -0.39 is 5.60 Å². The van der Waals surface area contributed by atoms with Crippen molar-refractivity contribution in [3.63, 3.8) is 0 Å². The molecule has 0 fully saturated rings. The van der Waals surface area contributed by atoms with Crippen LogP contribution in [-0.2, 0) is 4.74 Å². The first-order valence-corrected chi connectivity index (χ1v) is 7.98. The van der Waals surface area contributed by atoms with Crippen LogP contribution in [0.3, 0.4) is 0 Å². The summed E-state index contributed by atoms with van der Waals surface area (Å²) >= 11 is 0. The molecule has 0 aromatic heterocycles. The zero-order valence-corrected chi connectivity index (χ0v) is 14.3. The molecule has 4 heteroatoms. The third-order valence-corrected chi connectivity index (χ3v) is 2.99. The van der Waals surface area contributed by atoms with Gasteiger partial charge in [0, 0.05) is 19.1 Å². The number of nitrogens with one attached hydrogen (secondary N) is 1. The molecule has 1 N–H and O–H groups in total. The van der Waals surface area contributed by atoms with Crippen molar-refractivity contribution < 1.29 is 9.53 Å². The Morgan fingerprint density at radius 2 is 1.80 bits per heavy atom. The van der Waals surface area contributed by atoms with Crippen LogP contribution in [0.5, 0.6) is 0 Å². The molecule has 0 aliphatic carbocycles. The molecule has 0 aromatic carbocycles. The van der Waals surface area contributed by atoms with Crippen LogP contribution in [0, 0.1) is 0 Å². The largest absolute Gasteiger partial charge is 0.444 e. The van der Waals surface area contributed by atoms with Gasteiger partial charge in [-0.2, -0.15) is 0 Å². The van der Waals surface area contributed by atoms with Crippen LogP contribution in [0.2, 0.25) is 0 Å². The summed E-state index contributed by atoms with van der Waals surface area (Å²) in [6.07, 6.45) is 4.84. The van der Waals surface area contributed by atoms with Crippen molar-refractivity contribution >= 4 is 6.09 Å². The Hall–Kier alpha value is -0.770. The topological polar surface area (TPSA) is 41.6 Å². The number of carbonyl (C=O) groups excluding carboxylic acids is 1. The van der Waals surface area contributed by atoms with Crippen molar-refractivity contribution in [2.75, 3.05) is 19.6 Å². The SMILES string of the molecule is CCCCCCNCCN(C(=O)OC(C)(C)C)C(C)C. The van der Waals surface area contributed by atoms with E-state index in [0.717, 1.165) is 13.1 Å². The molecule has 0 saturated carbocycles. The molecule has 0 heterocycles. The fourth-order valence-electron chi connectivity index (χ4n) is 1.88. The second kappa shape index (κ2) is 10.0. The molecule has 0 aromatic rings. The van der Waals surface area contributed by atoms with Gasteiger partial charge in [-0.15, -0.1) is 0 Å². The molecular formula is C16H34N2O2. The van der Waals surface area contributed by atoms with E-state index in [1.54, 1.807) is 4.90 Å². The molecule has 20 heavy (non-hydrogen) atoms. The van der Waals surface area contributed by atoms with E-state index in [4.69, 9.17) is 4.74 Å². The fraction of sp³-hybridized carbons (Fsp3) is 0.938. The summed E-state index contributed by atoms with van der Waals surface area (Å²) in [6, 6.07) is 0.159. The van der Waals surface area contributed by atoms with Crippen LogP contribution in [0.4, 0.5) is 4.79 Å². The average molecular weight is 286 g/mol. The van der Waals surface area contributed by atoms with E-state index in [2.05, 4.69) is 12.2 Å². The van der Waals surface area contributed by atoms with Gasteiger partial charge in [0.05, 0.1) is 0 Å². The number of amides is 1. The molecule has 0 radical (unpaired) electrons. The van der Waals surface area contributed by atoms with Gasteiger partial charge in [-0.1, -0.05) is 26.2 Å². The predicted octanol–water partition coefficient (Wildman–Crippen LogP) is 3.80. The van der Waals surface area contributed by atoms with E-state index in [9.17, 15) is 4.79 Å².